The first kappa shape index (κ1) is 22.8. The zero-order valence-corrected chi connectivity index (χ0v) is 13.7. The van der Waals surface area contributed by atoms with E-state index in [4.69, 9.17) is 15.3 Å². The molecule has 0 amide bonds. The monoisotopic (exact) mass is 274 g/mol. The maximum absolute atomic E-state index is 9.92. The number of aliphatic hydroxyl groups excluding tert-OH is 3. The van der Waals surface area contributed by atoms with Crippen LogP contribution < -0.4 is 68.9 Å². The summed E-state index contributed by atoms with van der Waals surface area (Å²) in [6.07, 6.45) is -5.67. The van der Waals surface area contributed by atoms with Crippen molar-refractivity contribution < 1.29 is 98.1 Å². The fourth-order valence-corrected chi connectivity index (χ4v) is 0.910. The van der Waals surface area contributed by atoms with E-state index in [-0.39, 0.29) is 65.4 Å². The van der Waals surface area contributed by atoms with Crippen LogP contribution in [0.5, 0.6) is 0 Å². The first-order valence-electron chi connectivity index (χ1n) is 3.44. The van der Waals surface area contributed by atoms with Crippen molar-refractivity contribution in [3.05, 3.63) is 0 Å². The molecule has 0 aromatic carbocycles. The van der Waals surface area contributed by atoms with Crippen LogP contribution in [0, 0.1) is 0 Å². The van der Waals surface area contributed by atoms with Crippen LogP contribution in [0.4, 0.5) is 0 Å². The van der Waals surface area contributed by atoms with Gasteiger partial charge in [0.15, 0.2) is 6.29 Å². The summed E-state index contributed by atoms with van der Waals surface area (Å²) in [6, 6.07) is 0. The van der Waals surface area contributed by atoms with Gasteiger partial charge in [-0.25, -0.2) is 0 Å². The minimum absolute atomic E-state index is 0. The SMILES string of the molecule is O=C[C@H](O)[C@@H](O)[C@@H](O)COP(=O)([O-])[O-].[Na+].[Na+]. The molecule has 0 rings (SSSR count). The molecule has 0 aromatic heterocycles. The molecule has 11 heteroatoms. The second kappa shape index (κ2) is 10.6. The van der Waals surface area contributed by atoms with Gasteiger partial charge in [-0.05, 0) is 0 Å². The van der Waals surface area contributed by atoms with E-state index in [1.54, 1.807) is 0 Å². The summed E-state index contributed by atoms with van der Waals surface area (Å²) in [5.41, 5.74) is 0. The molecule has 3 atom stereocenters. The van der Waals surface area contributed by atoms with Gasteiger partial charge in [-0.2, -0.15) is 0 Å². The summed E-state index contributed by atoms with van der Waals surface area (Å²) in [5, 5.41) is 26.4. The number of phosphoric ester groups is 1. The second-order valence-corrected chi connectivity index (χ2v) is 3.58. The Morgan fingerprint density at radius 3 is 2.00 bits per heavy atom. The van der Waals surface area contributed by atoms with Crippen molar-refractivity contribution in [2.45, 2.75) is 18.3 Å². The summed E-state index contributed by atoms with van der Waals surface area (Å²) in [7, 11) is -5.24. The first-order chi connectivity index (χ1) is 6.28. The zero-order valence-electron chi connectivity index (χ0n) is 8.85. The molecule has 0 radical (unpaired) electrons. The number of aliphatic hydroxyl groups is 3. The number of hydrogen-bond acceptors (Lipinski definition) is 8. The maximum Gasteiger partial charge on any atom is 1.00 e. The fourth-order valence-electron chi connectivity index (χ4n) is 0.574. The Morgan fingerprint density at radius 1 is 1.25 bits per heavy atom. The van der Waals surface area contributed by atoms with E-state index in [1.807, 2.05) is 0 Å². The number of carbonyl (C=O) groups is 1. The van der Waals surface area contributed by atoms with Gasteiger partial charge >= 0.3 is 59.1 Å². The van der Waals surface area contributed by atoms with Gasteiger partial charge < -0.3 is 39.0 Å². The minimum Gasteiger partial charge on any atom is -0.790 e. The van der Waals surface area contributed by atoms with Crippen LogP contribution >= 0.6 is 7.82 Å². The third-order valence-corrected chi connectivity index (χ3v) is 1.75. The van der Waals surface area contributed by atoms with E-state index < -0.39 is 32.7 Å². The number of aldehydes is 1. The first-order valence-corrected chi connectivity index (χ1v) is 4.90. The number of phosphoric acid groups is 1. The average molecular weight is 274 g/mol. The third kappa shape index (κ3) is 10.8. The van der Waals surface area contributed by atoms with Gasteiger partial charge in [0.2, 0.25) is 0 Å². The smallest absolute Gasteiger partial charge is 0.790 e. The summed E-state index contributed by atoms with van der Waals surface area (Å²) in [6.45, 7) is -1.02. The van der Waals surface area contributed by atoms with Crippen molar-refractivity contribution in [1.82, 2.24) is 0 Å². The molecule has 0 heterocycles. The molecule has 16 heavy (non-hydrogen) atoms. The molecule has 0 bridgehead atoms. The molecule has 0 saturated heterocycles. The normalized spacial score (nSPS) is 16.3. The Hall–Kier alpha value is 1.66. The molecule has 3 N–H and O–H groups in total. The fraction of sp³-hybridized carbons (Fsp3) is 0.800. The van der Waals surface area contributed by atoms with Gasteiger partial charge in [0, 0.05) is 0 Å². The van der Waals surface area contributed by atoms with Crippen molar-refractivity contribution in [2.75, 3.05) is 6.61 Å². The van der Waals surface area contributed by atoms with Gasteiger partial charge in [-0.15, -0.1) is 0 Å². The molecular formula is C5H9Na2O8P. The number of rotatable bonds is 6. The standard InChI is InChI=1S/C5H11O8P.2Na/c6-1-3(7)5(9)4(8)2-13-14(10,11)12;;/h1,3-5,7-9H,2H2,(H2,10,11,12);;/q;2*+1/p-2/t3-,4-,5+;;/m0../s1. The van der Waals surface area contributed by atoms with E-state index in [0.29, 0.717) is 0 Å². The molecule has 0 saturated carbocycles. The predicted molar refractivity (Wildman–Crippen MR) is 37.6 cm³/mol. The maximum atomic E-state index is 9.92. The van der Waals surface area contributed by atoms with E-state index >= 15 is 0 Å². The van der Waals surface area contributed by atoms with Crippen molar-refractivity contribution in [1.29, 1.82) is 0 Å². The van der Waals surface area contributed by atoms with Gasteiger partial charge in [-0.1, -0.05) is 0 Å². The third-order valence-electron chi connectivity index (χ3n) is 1.29. The Morgan fingerprint density at radius 2 is 1.69 bits per heavy atom. The summed E-state index contributed by atoms with van der Waals surface area (Å²) in [5.74, 6) is 0. The quantitative estimate of drug-likeness (QED) is 0.245. The molecular weight excluding hydrogens is 265 g/mol. The van der Waals surface area contributed by atoms with Gasteiger partial charge in [-0.3, -0.25) is 0 Å². The topological polar surface area (TPSA) is 150 Å². The summed E-state index contributed by atoms with van der Waals surface area (Å²) >= 11 is 0. The predicted octanol–water partition coefficient (Wildman–Crippen LogP) is -9.88. The summed E-state index contributed by atoms with van der Waals surface area (Å²) in [4.78, 5) is 29.8. The molecule has 0 fully saturated rings. The molecule has 0 spiro atoms. The van der Waals surface area contributed by atoms with E-state index in [0.717, 1.165) is 0 Å². The average Bonchev–Trinajstić information content (AvgIpc) is 2.10. The largest absolute Gasteiger partial charge is 1.00 e. The number of hydrogen-bond donors (Lipinski definition) is 3. The Balaban J connectivity index is -0.000000845. The van der Waals surface area contributed by atoms with E-state index in [2.05, 4.69) is 4.52 Å². The van der Waals surface area contributed by atoms with Crippen molar-refractivity contribution >= 4 is 14.1 Å². The van der Waals surface area contributed by atoms with Gasteiger partial charge in [0.1, 0.15) is 18.3 Å². The van der Waals surface area contributed by atoms with Crippen LogP contribution in [0.3, 0.4) is 0 Å². The zero-order chi connectivity index (χ0) is 11.4. The van der Waals surface area contributed by atoms with Crippen molar-refractivity contribution in [2.24, 2.45) is 0 Å². The molecule has 0 aromatic rings. The van der Waals surface area contributed by atoms with Crippen molar-refractivity contribution in [3.63, 3.8) is 0 Å². The molecule has 0 aliphatic heterocycles. The van der Waals surface area contributed by atoms with Crippen molar-refractivity contribution in [3.8, 4) is 0 Å². The summed E-state index contributed by atoms with van der Waals surface area (Å²) < 4.78 is 13.5. The molecule has 84 valence electrons. The van der Waals surface area contributed by atoms with Crippen LogP contribution in [0.15, 0.2) is 0 Å². The molecule has 0 aliphatic rings. The number of carbonyl (C=O) groups excluding carboxylic acids is 1. The van der Waals surface area contributed by atoms with Crippen LogP contribution in [0.1, 0.15) is 0 Å². The second-order valence-electron chi connectivity index (χ2n) is 2.43. The van der Waals surface area contributed by atoms with Crippen LogP contribution in [0.25, 0.3) is 0 Å². The van der Waals surface area contributed by atoms with Crippen LogP contribution in [0.2, 0.25) is 0 Å². The van der Waals surface area contributed by atoms with E-state index in [9.17, 15) is 19.1 Å². The minimum atomic E-state index is -5.24. The van der Waals surface area contributed by atoms with Gasteiger partial charge in [0.05, 0.1) is 14.4 Å². The van der Waals surface area contributed by atoms with Crippen LogP contribution in [-0.4, -0.2) is 46.5 Å². The Labute approximate surface area is 136 Å². The Bertz CT molecular complexity index is 232. The molecule has 8 nitrogen and oxygen atoms in total. The van der Waals surface area contributed by atoms with E-state index in [1.165, 1.54) is 0 Å². The van der Waals surface area contributed by atoms with Gasteiger partial charge in [0.25, 0.3) is 0 Å². The molecule has 0 unspecified atom stereocenters. The Kier molecular flexibility index (Phi) is 15.1. The molecule has 0 aliphatic carbocycles. The van der Waals surface area contributed by atoms with Crippen LogP contribution in [-0.2, 0) is 13.9 Å².